The van der Waals surface area contributed by atoms with E-state index < -0.39 is 6.10 Å². The largest absolute Gasteiger partial charge is 0.472 e. The maximum atomic E-state index is 13.9. The Morgan fingerprint density at radius 3 is 2.87 bits per heavy atom. The van der Waals surface area contributed by atoms with Gasteiger partial charge < -0.3 is 14.6 Å². The lowest BCUT2D eigenvalue weighted by Crippen LogP contribution is -2.16. The quantitative estimate of drug-likeness (QED) is 0.946. The summed E-state index contributed by atoms with van der Waals surface area (Å²) < 4.78 is 25.0. The second kappa shape index (κ2) is 5.91. The second-order valence-electron chi connectivity index (χ2n) is 6.03. The van der Waals surface area contributed by atoms with E-state index in [2.05, 4.69) is 4.98 Å². The summed E-state index contributed by atoms with van der Waals surface area (Å²) >= 11 is 0. The summed E-state index contributed by atoms with van der Waals surface area (Å²) in [4.78, 5) is 4.35. The number of aromatic nitrogens is 1. The fourth-order valence-electron chi connectivity index (χ4n) is 3.35. The number of halogens is 1. The first-order chi connectivity index (χ1) is 11.2. The summed E-state index contributed by atoms with van der Waals surface area (Å²) in [6.07, 6.45) is 3.23. The monoisotopic (exact) mass is 315 g/mol. The lowest BCUT2D eigenvalue weighted by atomic mass is 9.97. The number of benzene rings is 1. The Kier molecular flexibility index (Phi) is 3.75. The number of rotatable bonds is 3. The zero-order chi connectivity index (χ0) is 15.8. The third kappa shape index (κ3) is 2.71. The highest BCUT2D eigenvalue weighted by atomic mass is 19.1. The van der Waals surface area contributed by atoms with Crippen LogP contribution in [0.3, 0.4) is 0 Å². The first-order valence-corrected chi connectivity index (χ1v) is 7.92. The number of fused-ring (bicyclic) bond motifs is 1. The molecule has 120 valence electrons. The van der Waals surface area contributed by atoms with Crippen molar-refractivity contribution in [3.05, 3.63) is 47.4 Å². The van der Waals surface area contributed by atoms with E-state index in [0.717, 1.165) is 29.7 Å². The molecular weight excluding hydrogens is 297 g/mol. The summed E-state index contributed by atoms with van der Waals surface area (Å²) in [6, 6.07) is 6.93. The van der Waals surface area contributed by atoms with Crippen LogP contribution in [0.1, 0.15) is 30.1 Å². The normalized spacial score (nSPS) is 23.0. The number of hydrogen-bond acceptors (Lipinski definition) is 4. The molecule has 4 nitrogen and oxygen atoms in total. The van der Waals surface area contributed by atoms with Gasteiger partial charge in [0.2, 0.25) is 5.88 Å². The molecule has 5 heteroatoms. The van der Waals surface area contributed by atoms with Gasteiger partial charge in [-0.1, -0.05) is 6.07 Å². The van der Waals surface area contributed by atoms with Gasteiger partial charge in [-0.05, 0) is 36.1 Å². The standard InChI is InChI=1S/C18H18FNO3/c19-15-4-2-13(14-3-5-16(21)18(14)15)11-1-6-17(20-9-11)23-12-7-8-22-10-12/h1-2,4,6,9,12,16,21H,3,5,7-8,10H2/t12?,16-/m0/s1. The molecular formula is C18H18FNO3. The van der Waals surface area contributed by atoms with Gasteiger partial charge in [-0.3, -0.25) is 0 Å². The van der Waals surface area contributed by atoms with Crippen LogP contribution in [0.15, 0.2) is 30.5 Å². The van der Waals surface area contributed by atoms with Crippen LogP contribution in [0.5, 0.6) is 5.88 Å². The van der Waals surface area contributed by atoms with Crippen molar-refractivity contribution in [1.82, 2.24) is 4.98 Å². The summed E-state index contributed by atoms with van der Waals surface area (Å²) in [5, 5.41) is 9.95. The predicted molar refractivity (Wildman–Crippen MR) is 82.8 cm³/mol. The Hall–Kier alpha value is -1.98. The molecule has 0 bridgehead atoms. The molecule has 23 heavy (non-hydrogen) atoms. The van der Waals surface area contributed by atoms with Gasteiger partial charge in [-0.2, -0.15) is 0 Å². The molecule has 2 aliphatic rings. The van der Waals surface area contributed by atoms with Crippen LogP contribution in [0.25, 0.3) is 11.1 Å². The molecule has 0 amide bonds. The molecule has 1 aromatic heterocycles. The van der Waals surface area contributed by atoms with Crippen molar-refractivity contribution in [3.63, 3.8) is 0 Å². The van der Waals surface area contributed by atoms with Crippen LogP contribution in [-0.4, -0.2) is 29.4 Å². The fourth-order valence-corrected chi connectivity index (χ4v) is 3.35. The number of hydrogen-bond donors (Lipinski definition) is 1. The van der Waals surface area contributed by atoms with Gasteiger partial charge in [-0.25, -0.2) is 9.37 Å². The maximum Gasteiger partial charge on any atom is 0.213 e. The topological polar surface area (TPSA) is 51.6 Å². The lowest BCUT2D eigenvalue weighted by molar-refractivity contribution is 0.138. The van der Waals surface area contributed by atoms with E-state index in [0.29, 0.717) is 30.9 Å². The predicted octanol–water partition coefficient (Wildman–Crippen LogP) is 3.04. The summed E-state index contributed by atoms with van der Waals surface area (Å²) in [5.41, 5.74) is 3.16. The average molecular weight is 315 g/mol. The van der Waals surface area contributed by atoms with Gasteiger partial charge >= 0.3 is 0 Å². The Morgan fingerprint density at radius 1 is 1.22 bits per heavy atom. The van der Waals surface area contributed by atoms with Crippen molar-refractivity contribution >= 4 is 0 Å². The van der Waals surface area contributed by atoms with E-state index in [1.807, 2.05) is 12.1 Å². The molecule has 2 aromatic rings. The zero-order valence-electron chi connectivity index (χ0n) is 12.7. The van der Waals surface area contributed by atoms with Crippen molar-refractivity contribution in [2.24, 2.45) is 0 Å². The highest BCUT2D eigenvalue weighted by Crippen LogP contribution is 2.39. The van der Waals surface area contributed by atoms with Gasteiger partial charge in [0.05, 0.1) is 19.3 Å². The Labute approximate surface area is 133 Å². The molecule has 1 aromatic carbocycles. The smallest absolute Gasteiger partial charge is 0.213 e. The molecule has 1 fully saturated rings. The summed E-state index contributed by atoms with van der Waals surface area (Å²) in [6.45, 7) is 1.33. The molecule has 2 heterocycles. The molecule has 0 saturated carbocycles. The number of aliphatic hydroxyl groups excluding tert-OH is 1. The van der Waals surface area contributed by atoms with Gasteiger partial charge in [0.1, 0.15) is 11.9 Å². The number of nitrogens with zero attached hydrogens (tertiary/aromatic N) is 1. The molecule has 1 aliphatic heterocycles. The summed E-state index contributed by atoms with van der Waals surface area (Å²) in [7, 11) is 0. The van der Waals surface area contributed by atoms with Crippen LogP contribution in [0.2, 0.25) is 0 Å². The van der Waals surface area contributed by atoms with Gasteiger partial charge in [0.15, 0.2) is 0 Å². The minimum Gasteiger partial charge on any atom is -0.472 e. The van der Waals surface area contributed by atoms with Crippen LogP contribution in [0.4, 0.5) is 4.39 Å². The number of pyridine rings is 1. The highest BCUT2D eigenvalue weighted by Gasteiger charge is 2.27. The Morgan fingerprint density at radius 2 is 2.13 bits per heavy atom. The van der Waals surface area contributed by atoms with E-state index in [4.69, 9.17) is 9.47 Å². The zero-order valence-corrected chi connectivity index (χ0v) is 12.7. The van der Waals surface area contributed by atoms with Crippen LogP contribution >= 0.6 is 0 Å². The van der Waals surface area contributed by atoms with Crippen molar-refractivity contribution in [1.29, 1.82) is 0 Å². The van der Waals surface area contributed by atoms with E-state index in [-0.39, 0.29) is 11.9 Å². The molecule has 0 spiro atoms. The minimum absolute atomic E-state index is 0.0681. The van der Waals surface area contributed by atoms with Gasteiger partial charge in [0, 0.05) is 29.8 Å². The van der Waals surface area contributed by atoms with Crippen LogP contribution in [0, 0.1) is 5.82 Å². The van der Waals surface area contributed by atoms with Gasteiger partial charge in [0.25, 0.3) is 0 Å². The molecule has 4 rings (SSSR count). The number of aliphatic hydroxyl groups is 1. The molecule has 0 radical (unpaired) electrons. The van der Waals surface area contributed by atoms with Crippen LogP contribution in [-0.2, 0) is 11.2 Å². The Balaban J connectivity index is 1.61. The Bertz CT molecular complexity index is 711. The summed E-state index contributed by atoms with van der Waals surface area (Å²) in [5.74, 6) is 0.242. The molecule has 2 atom stereocenters. The molecule has 1 saturated heterocycles. The SMILES string of the molecule is O[C@H]1CCc2c(-c3ccc(OC4CCOC4)nc3)ccc(F)c21. The fraction of sp³-hybridized carbons (Fsp3) is 0.389. The minimum atomic E-state index is -0.706. The third-order valence-electron chi connectivity index (χ3n) is 4.53. The van der Waals surface area contributed by atoms with Crippen molar-refractivity contribution < 1.29 is 19.0 Å². The average Bonchev–Trinajstić information content (AvgIpc) is 3.19. The molecule has 1 N–H and O–H groups in total. The van der Waals surface area contributed by atoms with E-state index >= 15 is 0 Å². The second-order valence-corrected chi connectivity index (χ2v) is 6.03. The van der Waals surface area contributed by atoms with Crippen molar-refractivity contribution in [2.75, 3.05) is 13.2 Å². The van der Waals surface area contributed by atoms with E-state index in [9.17, 15) is 9.50 Å². The van der Waals surface area contributed by atoms with Crippen molar-refractivity contribution in [2.45, 2.75) is 31.5 Å². The highest BCUT2D eigenvalue weighted by molar-refractivity contribution is 5.69. The van der Waals surface area contributed by atoms with Crippen LogP contribution < -0.4 is 4.74 Å². The maximum absolute atomic E-state index is 13.9. The van der Waals surface area contributed by atoms with E-state index in [1.165, 1.54) is 6.07 Å². The van der Waals surface area contributed by atoms with Crippen molar-refractivity contribution in [3.8, 4) is 17.0 Å². The first kappa shape index (κ1) is 14.6. The molecule has 1 aliphatic carbocycles. The number of ether oxygens (including phenoxy) is 2. The third-order valence-corrected chi connectivity index (χ3v) is 4.53. The van der Waals surface area contributed by atoms with Gasteiger partial charge in [-0.15, -0.1) is 0 Å². The lowest BCUT2D eigenvalue weighted by Gasteiger charge is -2.13. The van der Waals surface area contributed by atoms with E-state index in [1.54, 1.807) is 12.3 Å². The first-order valence-electron chi connectivity index (χ1n) is 7.92. The molecule has 1 unspecified atom stereocenters.